The molecule has 0 saturated carbocycles. The topological polar surface area (TPSA) is 25.0 Å². The summed E-state index contributed by atoms with van der Waals surface area (Å²) in [7, 11) is 0. The van der Waals surface area contributed by atoms with Crippen LogP contribution in [0.25, 0.3) is 10.9 Å². The molecule has 1 heterocycles. The van der Waals surface area contributed by atoms with Gasteiger partial charge < -0.3 is 9.72 Å². The molecule has 0 spiro atoms. The van der Waals surface area contributed by atoms with Crippen molar-refractivity contribution < 1.29 is 4.74 Å². The van der Waals surface area contributed by atoms with Crippen molar-refractivity contribution in [3.05, 3.63) is 30.5 Å². The predicted octanol–water partition coefficient (Wildman–Crippen LogP) is 2.37. The second-order valence-corrected chi connectivity index (χ2v) is 2.57. The molecule has 0 bridgehead atoms. The molecule has 0 aliphatic heterocycles. The van der Waals surface area contributed by atoms with E-state index >= 15 is 0 Å². The van der Waals surface area contributed by atoms with Crippen molar-refractivity contribution in [2.24, 2.45) is 0 Å². The van der Waals surface area contributed by atoms with Gasteiger partial charge in [-0.1, -0.05) is 0 Å². The Kier molecular flexibility index (Phi) is 1.74. The van der Waals surface area contributed by atoms with Gasteiger partial charge in [0.25, 0.3) is 0 Å². The van der Waals surface area contributed by atoms with Crippen molar-refractivity contribution in [1.82, 2.24) is 4.98 Å². The fourth-order valence-electron chi connectivity index (χ4n) is 1.22. The Balaban J connectivity index is 2.46. The summed E-state index contributed by atoms with van der Waals surface area (Å²) in [6, 6.07) is 9.01. The van der Waals surface area contributed by atoms with Crippen molar-refractivity contribution in [2.45, 2.75) is 6.92 Å². The van der Waals surface area contributed by atoms with Crippen LogP contribution in [0, 0.1) is 6.07 Å². The zero-order valence-electron chi connectivity index (χ0n) is 6.92. The molecule has 0 aliphatic rings. The van der Waals surface area contributed by atoms with Crippen molar-refractivity contribution >= 4 is 10.9 Å². The molecular weight excluding hydrogens is 150 g/mol. The minimum Gasteiger partial charge on any atom is -0.494 e. The van der Waals surface area contributed by atoms with Crippen molar-refractivity contribution in [3.8, 4) is 5.75 Å². The molecule has 61 valence electrons. The molecule has 2 aromatic rings. The standard InChI is InChI=1S/C10H10NO/c1-2-12-9-4-3-8-5-6-11-10(8)7-9/h3-4,6-7,11H,2H2,1H3. The van der Waals surface area contributed by atoms with Gasteiger partial charge in [0.2, 0.25) is 0 Å². The van der Waals surface area contributed by atoms with E-state index in [2.05, 4.69) is 11.1 Å². The summed E-state index contributed by atoms with van der Waals surface area (Å²) in [5.41, 5.74) is 1.07. The molecule has 12 heavy (non-hydrogen) atoms. The highest BCUT2D eigenvalue weighted by Gasteiger charge is 1.96. The van der Waals surface area contributed by atoms with E-state index in [4.69, 9.17) is 4.74 Å². The Labute approximate surface area is 71.2 Å². The predicted molar refractivity (Wildman–Crippen MR) is 48.3 cm³/mol. The monoisotopic (exact) mass is 160 g/mol. The maximum absolute atomic E-state index is 5.35. The lowest BCUT2D eigenvalue weighted by Gasteiger charge is -2.01. The van der Waals surface area contributed by atoms with E-state index in [1.165, 1.54) is 0 Å². The molecule has 0 unspecified atom stereocenters. The van der Waals surface area contributed by atoms with Crippen LogP contribution < -0.4 is 4.74 Å². The number of hydrogen-bond acceptors (Lipinski definition) is 1. The quantitative estimate of drug-likeness (QED) is 0.716. The molecule has 0 atom stereocenters. The molecule has 2 heteroatoms. The lowest BCUT2D eigenvalue weighted by Crippen LogP contribution is -1.90. The average molecular weight is 160 g/mol. The van der Waals surface area contributed by atoms with Crippen molar-refractivity contribution in [3.63, 3.8) is 0 Å². The molecule has 2 nitrogen and oxygen atoms in total. The third-order valence-corrected chi connectivity index (χ3v) is 1.76. The highest BCUT2D eigenvalue weighted by Crippen LogP contribution is 2.18. The van der Waals surface area contributed by atoms with Crippen LogP contribution in [-0.4, -0.2) is 11.6 Å². The Morgan fingerprint density at radius 1 is 1.50 bits per heavy atom. The molecule has 1 N–H and O–H groups in total. The molecule has 1 radical (unpaired) electrons. The van der Waals surface area contributed by atoms with Crippen LogP contribution in [0.2, 0.25) is 0 Å². The van der Waals surface area contributed by atoms with E-state index in [0.717, 1.165) is 16.7 Å². The maximum Gasteiger partial charge on any atom is 0.121 e. The fraction of sp³-hybridized carbons (Fsp3) is 0.200. The zero-order chi connectivity index (χ0) is 8.39. The highest BCUT2D eigenvalue weighted by molar-refractivity contribution is 5.79. The van der Waals surface area contributed by atoms with Gasteiger partial charge in [0.05, 0.1) is 6.61 Å². The molecule has 2 rings (SSSR count). The minimum atomic E-state index is 0.704. The van der Waals surface area contributed by atoms with Crippen LogP contribution >= 0.6 is 0 Å². The van der Waals surface area contributed by atoms with Crippen LogP contribution in [0.1, 0.15) is 6.92 Å². The zero-order valence-corrected chi connectivity index (χ0v) is 6.92. The number of aromatic nitrogens is 1. The largest absolute Gasteiger partial charge is 0.494 e. The molecule has 1 aromatic carbocycles. The maximum atomic E-state index is 5.35. The smallest absolute Gasteiger partial charge is 0.121 e. The lowest BCUT2D eigenvalue weighted by molar-refractivity contribution is 0.340. The van der Waals surface area contributed by atoms with E-state index in [1.807, 2.05) is 25.1 Å². The molecule has 0 aliphatic carbocycles. The number of nitrogens with one attached hydrogen (secondary N) is 1. The van der Waals surface area contributed by atoms with Gasteiger partial charge in [0, 0.05) is 29.2 Å². The van der Waals surface area contributed by atoms with Crippen molar-refractivity contribution in [2.75, 3.05) is 6.61 Å². The van der Waals surface area contributed by atoms with Crippen LogP contribution in [-0.2, 0) is 0 Å². The lowest BCUT2D eigenvalue weighted by atomic mass is 10.2. The molecular formula is C10H10NO. The van der Waals surface area contributed by atoms with Gasteiger partial charge in [-0.15, -0.1) is 0 Å². The SMILES string of the molecule is CCOc1ccc2[c]c[nH]c2c1. The summed E-state index contributed by atoms with van der Waals surface area (Å²) in [6.07, 6.45) is 1.81. The average Bonchev–Trinajstić information content (AvgIpc) is 2.51. The number of H-pyrrole nitrogens is 1. The van der Waals surface area contributed by atoms with E-state index in [9.17, 15) is 0 Å². The Bertz CT molecular complexity index is 378. The highest BCUT2D eigenvalue weighted by atomic mass is 16.5. The van der Waals surface area contributed by atoms with E-state index in [-0.39, 0.29) is 0 Å². The number of aromatic amines is 1. The van der Waals surface area contributed by atoms with Crippen LogP contribution in [0.15, 0.2) is 24.4 Å². The van der Waals surface area contributed by atoms with Gasteiger partial charge in [-0.25, -0.2) is 0 Å². The third-order valence-electron chi connectivity index (χ3n) is 1.76. The van der Waals surface area contributed by atoms with Gasteiger partial charge in [-0.3, -0.25) is 0 Å². The Morgan fingerprint density at radius 3 is 3.25 bits per heavy atom. The minimum absolute atomic E-state index is 0.704. The first-order valence-corrected chi connectivity index (χ1v) is 4.02. The van der Waals surface area contributed by atoms with Crippen LogP contribution in [0.5, 0.6) is 5.75 Å². The fourth-order valence-corrected chi connectivity index (χ4v) is 1.22. The number of fused-ring (bicyclic) bond motifs is 1. The first kappa shape index (κ1) is 7.22. The second kappa shape index (κ2) is 2.89. The first-order valence-electron chi connectivity index (χ1n) is 4.02. The number of benzene rings is 1. The summed E-state index contributed by atoms with van der Waals surface area (Å²) in [6.45, 7) is 2.68. The molecule has 1 aromatic heterocycles. The van der Waals surface area contributed by atoms with Crippen molar-refractivity contribution in [1.29, 1.82) is 0 Å². The summed E-state index contributed by atoms with van der Waals surface area (Å²) in [5, 5.41) is 1.10. The van der Waals surface area contributed by atoms with Crippen LogP contribution in [0.3, 0.4) is 0 Å². The number of hydrogen-bond donors (Lipinski definition) is 1. The number of ether oxygens (including phenoxy) is 1. The van der Waals surface area contributed by atoms with E-state index < -0.39 is 0 Å². The molecule has 0 saturated heterocycles. The van der Waals surface area contributed by atoms with Gasteiger partial charge in [-0.2, -0.15) is 0 Å². The summed E-state index contributed by atoms with van der Waals surface area (Å²) in [4.78, 5) is 3.08. The summed E-state index contributed by atoms with van der Waals surface area (Å²) in [5.74, 6) is 0.904. The third kappa shape index (κ3) is 1.16. The van der Waals surface area contributed by atoms with Gasteiger partial charge >= 0.3 is 0 Å². The Hall–Kier alpha value is -1.44. The summed E-state index contributed by atoms with van der Waals surface area (Å²) < 4.78 is 5.35. The molecule has 0 fully saturated rings. The van der Waals surface area contributed by atoms with Gasteiger partial charge in [-0.05, 0) is 19.1 Å². The normalized spacial score (nSPS) is 10.4. The molecule has 0 amide bonds. The van der Waals surface area contributed by atoms with Gasteiger partial charge in [0.15, 0.2) is 0 Å². The van der Waals surface area contributed by atoms with Gasteiger partial charge in [0.1, 0.15) is 5.75 Å². The van der Waals surface area contributed by atoms with Crippen LogP contribution in [0.4, 0.5) is 0 Å². The van der Waals surface area contributed by atoms with E-state index in [0.29, 0.717) is 6.61 Å². The second-order valence-electron chi connectivity index (χ2n) is 2.57. The van der Waals surface area contributed by atoms with E-state index in [1.54, 1.807) is 6.20 Å². The Morgan fingerprint density at radius 2 is 2.42 bits per heavy atom. The number of rotatable bonds is 2. The summed E-state index contributed by atoms with van der Waals surface area (Å²) >= 11 is 0. The first-order chi connectivity index (χ1) is 5.90.